The van der Waals surface area contributed by atoms with Gasteiger partial charge in [-0.3, -0.25) is 4.79 Å². The number of para-hydroxylation sites is 1. The molecule has 1 rings (SSSR count). The van der Waals surface area contributed by atoms with Crippen LogP contribution in [0.2, 0.25) is 0 Å². The first kappa shape index (κ1) is 14.0. The molecule has 1 amide bonds. The molecule has 1 atom stereocenters. The fourth-order valence-corrected chi connectivity index (χ4v) is 2.92. The van der Waals surface area contributed by atoms with Crippen LogP contribution in [0.25, 0.3) is 0 Å². The van der Waals surface area contributed by atoms with Crippen LogP contribution in [0.1, 0.15) is 6.42 Å². The Morgan fingerprint density at radius 1 is 1.35 bits per heavy atom. The number of alkyl halides is 1. The van der Waals surface area contributed by atoms with Crippen LogP contribution in [0.4, 0.5) is 5.69 Å². The predicted octanol–water partition coefficient (Wildman–Crippen LogP) is 1.67. The van der Waals surface area contributed by atoms with E-state index in [1.165, 1.54) is 0 Å². The molecule has 1 aromatic carbocycles. The van der Waals surface area contributed by atoms with Gasteiger partial charge in [-0.2, -0.15) is 0 Å². The van der Waals surface area contributed by atoms with Gasteiger partial charge in [-0.05, 0) is 12.1 Å². The molecule has 0 unspecified atom stereocenters. The molecule has 0 aliphatic heterocycles. The predicted molar refractivity (Wildman–Crippen MR) is 69.0 cm³/mol. The van der Waals surface area contributed by atoms with E-state index >= 15 is 0 Å². The van der Waals surface area contributed by atoms with Crippen molar-refractivity contribution >= 4 is 33.0 Å². The molecule has 0 aromatic heterocycles. The zero-order valence-corrected chi connectivity index (χ0v) is 11.0. The Hall–Kier alpha value is -1.07. The fraction of sp³-hybridized carbons (Fsp3) is 0.364. The van der Waals surface area contributed by atoms with E-state index in [1.807, 2.05) is 6.07 Å². The summed E-state index contributed by atoms with van der Waals surface area (Å²) in [6.07, 6.45) is 1.07. The lowest BCUT2D eigenvalue weighted by Gasteiger charge is -2.08. The van der Waals surface area contributed by atoms with Gasteiger partial charge in [0, 0.05) is 18.4 Å². The van der Waals surface area contributed by atoms with E-state index in [-0.39, 0.29) is 18.1 Å². The fourth-order valence-electron chi connectivity index (χ4n) is 1.32. The minimum atomic E-state index is -3.15. The molecule has 0 heterocycles. The van der Waals surface area contributed by atoms with E-state index in [0.717, 1.165) is 6.26 Å². The summed E-state index contributed by atoms with van der Waals surface area (Å²) in [7, 11) is -3.15. The molecule has 0 aliphatic rings. The van der Waals surface area contributed by atoms with Gasteiger partial charge in [0.15, 0.2) is 0 Å². The lowest BCUT2D eigenvalue weighted by atomic mass is 10.3. The Morgan fingerprint density at radius 2 is 1.94 bits per heavy atom. The van der Waals surface area contributed by atoms with Gasteiger partial charge in [-0.1, -0.05) is 18.2 Å². The molecule has 1 aromatic rings. The summed E-state index contributed by atoms with van der Waals surface area (Å²) < 4.78 is 21.9. The minimum Gasteiger partial charge on any atom is -0.326 e. The van der Waals surface area contributed by atoms with Crippen molar-refractivity contribution < 1.29 is 13.2 Å². The van der Waals surface area contributed by atoms with Crippen molar-refractivity contribution in [2.24, 2.45) is 0 Å². The number of halogens is 1. The minimum absolute atomic E-state index is 0.0243. The SMILES string of the molecule is CS(=O)(=O)C[C@@H](Cl)CC(=O)Nc1ccccc1. The molecule has 0 fully saturated rings. The first-order valence-corrected chi connectivity index (χ1v) is 7.53. The normalized spacial score (nSPS) is 13.1. The number of rotatable bonds is 5. The number of amides is 1. The summed E-state index contributed by atoms with van der Waals surface area (Å²) in [5.41, 5.74) is 0.667. The van der Waals surface area contributed by atoms with E-state index in [4.69, 9.17) is 11.6 Å². The second-order valence-corrected chi connectivity index (χ2v) is 6.61. The lowest BCUT2D eigenvalue weighted by molar-refractivity contribution is -0.116. The van der Waals surface area contributed by atoms with Gasteiger partial charge in [-0.25, -0.2) is 8.42 Å². The third-order valence-corrected chi connectivity index (χ3v) is 3.45. The molecule has 0 aliphatic carbocycles. The first-order chi connectivity index (χ1) is 7.87. The molecule has 0 spiro atoms. The van der Waals surface area contributed by atoms with E-state index < -0.39 is 15.2 Å². The van der Waals surface area contributed by atoms with Gasteiger partial charge in [0.2, 0.25) is 5.91 Å². The van der Waals surface area contributed by atoms with Crippen molar-refractivity contribution in [3.8, 4) is 0 Å². The van der Waals surface area contributed by atoms with Crippen LogP contribution in [-0.4, -0.2) is 31.7 Å². The molecule has 1 N–H and O–H groups in total. The van der Waals surface area contributed by atoms with Crippen LogP contribution < -0.4 is 5.32 Å². The van der Waals surface area contributed by atoms with Crippen LogP contribution in [0, 0.1) is 0 Å². The van der Waals surface area contributed by atoms with E-state index in [2.05, 4.69) is 5.32 Å². The standard InChI is InChI=1S/C11H14ClNO3S/c1-17(15,16)8-9(12)7-11(14)13-10-5-3-2-4-6-10/h2-6,9H,7-8H2,1H3,(H,13,14)/t9-/m0/s1. The molecule has 0 saturated heterocycles. The number of nitrogens with one attached hydrogen (secondary N) is 1. The van der Waals surface area contributed by atoms with Gasteiger partial charge in [-0.15, -0.1) is 11.6 Å². The maximum atomic E-state index is 11.5. The number of hydrogen-bond acceptors (Lipinski definition) is 3. The van der Waals surface area contributed by atoms with Crippen LogP contribution >= 0.6 is 11.6 Å². The van der Waals surface area contributed by atoms with E-state index in [0.29, 0.717) is 5.69 Å². The smallest absolute Gasteiger partial charge is 0.225 e. The Kier molecular flexibility index (Phi) is 4.96. The second-order valence-electron chi connectivity index (χ2n) is 3.81. The van der Waals surface area contributed by atoms with Crippen molar-refractivity contribution in [2.45, 2.75) is 11.8 Å². The third kappa shape index (κ3) is 6.28. The Balaban J connectivity index is 2.45. The van der Waals surface area contributed by atoms with Crippen LogP contribution in [-0.2, 0) is 14.6 Å². The molecule has 0 saturated carbocycles. The average molecular weight is 276 g/mol. The number of anilines is 1. The summed E-state index contributed by atoms with van der Waals surface area (Å²) in [6.45, 7) is 0. The van der Waals surface area contributed by atoms with Crippen molar-refractivity contribution in [2.75, 3.05) is 17.3 Å². The summed E-state index contributed by atoms with van der Waals surface area (Å²) in [5, 5.41) is 1.94. The van der Waals surface area contributed by atoms with Crippen molar-refractivity contribution in [1.82, 2.24) is 0 Å². The van der Waals surface area contributed by atoms with Gasteiger partial charge < -0.3 is 5.32 Å². The van der Waals surface area contributed by atoms with Crippen LogP contribution in [0.3, 0.4) is 0 Å². The largest absolute Gasteiger partial charge is 0.326 e. The zero-order chi connectivity index (χ0) is 12.9. The van der Waals surface area contributed by atoms with Crippen molar-refractivity contribution in [3.63, 3.8) is 0 Å². The highest BCUT2D eigenvalue weighted by molar-refractivity contribution is 7.90. The summed E-state index contributed by atoms with van der Waals surface area (Å²) >= 11 is 5.79. The summed E-state index contributed by atoms with van der Waals surface area (Å²) in [5.74, 6) is -0.489. The van der Waals surface area contributed by atoms with Gasteiger partial charge in [0.1, 0.15) is 9.84 Å². The van der Waals surface area contributed by atoms with E-state index in [9.17, 15) is 13.2 Å². The molecular formula is C11H14ClNO3S. The maximum absolute atomic E-state index is 11.5. The van der Waals surface area contributed by atoms with Crippen molar-refractivity contribution in [3.05, 3.63) is 30.3 Å². The Morgan fingerprint density at radius 3 is 2.47 bits per heavy atom. The van der Waals surface area contributed by atoms with Crippen molar-refractivity contribution in [1.29, 1.82) is 0 Å². The highest BCUT2D eigenvalue weighted by Crippen LogP contribution is 2.09. The highest BCUT2D eigenvalue weighted by Gasteiger charge is 2.16. The molecule has 17 heavy (non-hydrogen) atoms. The van der Waals surface area contributed by atoms with Gasteiger partial charge >= 0.3 is 0 Å². The van der Waals surface area contributed by atoms with Gasteiger partial charge in [0.05, 0.1) is 11.1 Å². The molecule has 0 bridgehead atoms. The molecule has 6 heteroatoms. The zero-order valence-electron chi connectivity index (χ0n) is 9.39. The third-order valence-electron chi connectivity index (χ3n) is 1.95. The first-order valence-electron chi connectivity index (χ1n) is 5.03. The average Bonchev–Trinajstić information content (AvgIpc) is 2.15. The number of benzene rings is 1. The number of carbonyl (C=O) groups excluding carboxylic acids is 1. The monoisotopic (exact) mass is 275 g/mol. The topological polar surface area (TPSA) is 63.2 Å². The van der Waals surface area contributed by atoms with E-state index in [1.54, 1.807) is 24.3 Å². The maximum Gasteiger partial charge on any atom is 0.225 e. The lowest BCUT2D eigenvalue weighted by Crippen LogP contribution is -2.22. The quantitative estimate of drug-likeness (QED) is 0.832. The van der Waals surface area contributed by atoms with Crippen LogP contribution in [0.5, 0.6) is 0 Å². The summed E-state index contributed by atoms with van der Waals surface area (Å²) in [6, 6.07) is 8.92. The second kappa shape index (κ2) is 6.02. The van der Waals surface area contributed by atoms with Crippen LogP contribution in [0.15, 0.2) is 30.3 Å². The Bertz CT molecular complexity index is 473. The number of hydrogen-bond donors (Lipinski definition) is 1. The molecule has 4 nitrogen and oxygen atoms in total. The molecule has 94 valence electrons. The Labute approximate surface area is 106 Å². The highest BCUT2D eigenvalue weighted by atomic mass is 35.5. The van der Waals surface area contributed by atoms with Gasteiger partial charge in [0.25, 0.3) is 0 Å². The molecular weight excluding hydrogens is 262 g/mol. The molecule has 0 radical (unpaired) electrons. The summed E-state index contributed by atoms with van der Waals surface area (Å²) in [4.78, 5) is 11.5. The number of sulfone groups is 1. The number of carbonyl (C=O) groups is 1.